The first-order chi connectivity index (χ1) is 6.33. The zero-order valence-corrected chi connectivity index (χ0v) is 8.68. The highest BCUT2D eigenvalue weighted by Gasteiger charge is 1.93. The van der Waals surface area contributed by atoms with Gasteiger partial charge in [0.2, 0.25) is 0 Å². The molecule has 0 spiro atoms. The Morgan fingerprint density at radius 2 is 2.15 bits per heavy atom. The Morgan fingerprint density at radius 1 is 1.31 bits per heavy atom. The van der Waals surface area contributed by atoms with E-state index in [2.05, 4.69) is 6.92 Å². The molecule has 1 aromatic rings. The van der Waals surface area contributed by atoms with Gasteiger partial charge in [0.05, 0.1) is 6.61 Å². The van der Waals surface area contributed by atoms with E-state index in [0.717, 1.165) is 23.8 Å². The van der Waals surface area contributed by atoms with Crippen molar-refractivity contribution < 1.29 is 4.74 Å². The molecule has 0 aliphatic rings. The van der Waals surface area contributed by atoms with Crippen molar-refractivity contribution in [2.24, 2.45) is 0 Å². The Morgan fingerprint density at radius 3 is 2.85 bits per heavy atom. The second-order valence-corrected chi connectivity index (χ2v) is 3.45. The fourth-order valence-corrected chi connectivity index (χ4v) is 1.28. The number of hydrogen-bond acceptors (Lipinski definition) is 1. The minimum absolute atomic E-state index is 0.730. The van der Waals surface area contributed by atoms with Crippen molar-refractivity contribution in [3.63, 3.8) is 0 Å². The molecule has 0 atom stereocenters. The van der Waals surface area contributed by atoms with Crippen LogP contribution in [-0.4, -0.2) is 6.61 Å². The van der Waals surface area contributed by atoms with Gasteiger partial charge in [0.15, 0.2) is 0 Å². The highest BCUT2D eigenvalue weighted by molar-refractivity contribution is 6.30. The van der Waals surface area contributed by atoms with Crippen LogP contribution in [-0.2, 0) is 0 Å². The molecule has 0 unspecified atom stereocenters. The maximum Gasteiger partial charge on any atom is 0.120 e. The van der Waals surface area contributed by atoms with E-state index in [-0.39, 0.29) is 0 Å². The molecule has 0 aliphatic heterocycles. The van der Waals surface area contributed by atoms with Gasteiger partial charge in [-0.1, -0.05) is 37.4 Å². The Bertz CT molecular complexity index is 248. The third-order valence-corrected chi connectivity index (χ3v) is 2.05. The van der Waals surface area contributed by atoms with Crippen molar-refractivity contribution in [1.29, 1.82) is 0 Å². The van der Waals surface area contributed by atoms with Crippen LogP contribution in [0.15, 0.2) is 24.3 Å². The zero-order valence-electron chi connectivity index (χ0n) is 7.92. The molecule has 0 saturated heterocycles. The van der Waals surface area contributed by atoms with E-state index >= 15 is 0 Å². The Hall–Kier alpha value is -0.690. The van der Waals surface area contributed by atoms with Gasteiger partial charge in [-0.2, -0.15) is 0 Å². The molecule has 2 heteroatoms. The average Bonchev–Trinajstić information content (AvgIpc) is 2.13. The maximum absolute atomic E-state index is 5.80. The molecule has 0 heterocycles. The standard InChI is InChI=1S/C11H15ClO/c1-2-3-4-8-13-11-7-5-6-10(12)9-11/h5-7,9H,2-4,8H2,1H3. The highest BCUT2D eigenvalue weighted by Crippen LogP contribution is 2.17. The Labute approximate surface area is 84.7 Å². The lowest BCUT2D eigenvalue weighted by Crippen LogP contribution is -1.96. The summed E-state index contributed by atoms with van der Waals surface area (Å²) in [5.74, 6) is 0.864. The van der Waals surface area contributed by atoms with Gasteiger partial charge in [0.25, 0.3) is 0 Å². The molecule has 0 radical (unpaired) electrons. The van der Waals surface area contributed by atoms with Crippen LogP contribution in [0.4, 0.5) is 0 Å². The highest BCUT2D eigenvalue weighted by atomic mass is 35.5. The molecule has 1 aromatic carbocycles. The van der Waals surface area contributed by atoms with Gasteiger partial charge in [-0.15, -0.1) is 0 Å². The molecule has 13 heavy (non-hydrogen) atoms. The monoisotopic (exact) mass is 198 g/mol. The molecule has 0 fully saturated rings. The van der Waals surface area contributed by atoms with Gasteiger partial charge in [0.1, 0.15) is 5.75 Å². The van der Waals surface area contributed by atoms with Crippen LogP contribution in [0.1, 0.15) is 26.2 Å². The summed E-state index contributed by atoms with van der Waals surface area (Å²) in [4.78, 5) is 0. The van der Waals surface area contributed by atoms with Crippen LogP contribution < -0.4 is 4.74 Å². The molecule has 1 rings (SSSR count). The topological polar surface area (TPSA) is 9.23 Å². The van der Waals surface area contributed by atoms with Crippen LogP contribution in [0.2, 0.25) is 5.02 Å². The van der Waals surface area contributed by atoms with Gasteiger partial charge in [-0.05, 0) is 24.6 Å². The SMILES string of the molecule is CCCCCOc1cccc(Cl)c1. The summed E-state index contributed by atoms with van der Waals surface area (Å²) >= 11 is 5.80. The number of halogens is 1. The predicted octanol–water partition coefficient (Wildman–Crippen LogP) is 3.91. The Kier molecular flexibility index (Phi) is 4.69. The first kappa shape index (κ1) is 10.4. The molecule has 0 bridgehead atoms. The third-order valence-electron chi connectivity index (χ3n) is 1.81. The summed E-state index contributed by atoms with van der Waals surface area (Å²) in [6.45, 7) is 2.97. The normalized spacial score (nSPS) is 10.0. The van der Waals surface area contributed by atoms with Crippen molar-refractivity contribution >= 4 is 11.6 Å². The largest absolute Gasteiger partial charge is 0.494 e. The van der Waals surface area contributed by atoms with Crippen LogP contribution in [0.25, 0.3) is 0 Å². The number of hydrogen-bond donors (Lipinski definition) is 0. The van der Waals surface area contributed by atoms with Crippen LogP contribution >= 0.6 is 11.6 Å². The summed E-state index contributed by atoms with van der Waals surface area (Å²) in [7, 11) is 0. The predicted molar refractivity (Wildman–Crippen MR) is 56.5 cm³/mol. The van der Waals surface area contributed by atoms with Gasteiger partial charge in [0, 0.05) is 5.02 Å². The first-order valence-electron chi connectivity index (χ1n) is 4.71. The smallest absolute Gasteiger partial charge is 0.120 e. The summed E-state index contributed by atoms with van der Waals surface area (Å²) in [6, 6.07) is 7.52. The lowest BCUT2D eigenvalue weighted by molar-refractivity contribution is 0.306. The van der Waals surface area contributed by atoms with Gasteiger partial charge >= 0.3 is 0 Å². The minimum atomic E-state index is 0.730. The molecule has 1 nitrogen and oxygen atoms in total. The van der Waals surface area contributed by atoms with Gasteiger partial charge < -0.3 is 4.74 Å². The summed E-state index contributed by atoms with van der Waals surface area (Å²) < 4.78 is 5.50. The fourth-order valence-electron chi connectivity index (χ4n) is 1.10. The van der Waals surface area contributed by atoms with Crippen molar-refractivity contribution in [2.45, 2.75) is 26.2 Å². The summed E-state index contributed by atoms with van der Waals surface area (Å²) in [6.07, 6.45) is 3.56. The lowest BCUT2D eigenvalue weighted by Gasteiger charge is -2.05. The Balaban J connectivity index is 2.28. The number of ether oxygens (including phenoxy) is 1. The molecule has 0 saturated carbocycles. The second-order valence-electron chi connectivity index (χ2n) is 3.01. The zero-order chi connectivity index (χ0) is 9.52. The quantitative estimate of drug-likeness (QED) is 0.652. The van der Waals surface area contributed by atoms with E-state index in [0.29, 0.717) is 0 Å². The van der Waals surface area contributed by atoms with Crippen molar-refractivity contribution in [3.05, 3.63) is 29.3 Å². The van der Waals surface area contributed by atoms with E-state index < -0.39 is 0 Å². The second kappa shape index (κ2) is 5.87. The fraction of sp³-hybridized carbons (Fsp3) is 0.455. The molecule has 0 aliphatic carbocycles. The number of rotatable bonds is 5. The van der Waals surface area contributed by atoms with E-state index in [1.807, 2.05) is 24.3 Å². The summed E-state index contributed by atoms with van der Waals surface area (Å²) in [5, 5.41) is 0.730. The average molecular weight is 199 g/mol. The molecule has 72 valence electrons. The van der Waals surface area contributed by atoms with Crippen LogP contribution in [0.3, 0.4) is 0 Å². The van der Waals surface area contributed by atoms with Crippen LogP contribution in [0.5, 0.6) is 5.75 Å². The van der Waals surface area contributed by atoms with Crippen molar-refractivity contribution in [3.8, 4) is 5.75 Å². The molecule has 0 N–H and O–H groups in total. The van der Waals surface area contributed by atoms with Crippen LogP contribution in [0, 0.1) is 0 Å². The van der Waals surface area contributed by atoms with E-state index in [4.69, 9.17) is 16.3 Å². The van der Waals surface area contributed by atoms with Crippen molar-refractivity contribution in [2.75, 3.05) is 6.61 Å². The molecule has 0 aromatic heterocycles. The lowest BCUT2D eigenvalue weighted by atomic mass is 10.3. The minimum Gasteiger partial charge on any atom is -0.494 e. The number of unbranched alkanes of at least 4 members (excludes halogenated alkanes) is 2. The van der Waals surface area contributed by atoms with Gasteiger partial charge in [-0.25, -0.2) is 0 Å². The van der Waals surface area contributed by atoms with E-state index in [1.54, 1.807) is 0 Å². The van der Waals surface area contributed by atoms with Crippen molar-refractivity contribution in [1.82, 2.24) is 0 Å². The van der Waals surface area contributed by atoms with Gasteiger partial charge in [-0.3, -0.25) is 0 Å². The van der Waals surface area contributed by atoms with E-state index in [1.165, 1.54) is 12.8 Å². The summed E-state index contributed by atoms with van der Waals surface area (Å²) in [5.41, 5.74) is 0. The molecular formula is C11H15ClO. The molecule has 0 amide bonds. The first-order valence-corrected chi connectivity index (χ1v) is 5.09. The third kappa shape index (κ3) is 4.18. The maximum atomic E-state index is 5.80. The molecular weight excluding hydrogens is 184 g/mol. The number of benzene rings is 1. The van der Waals surface area contributed by atoms with E-state index in [9.17, 15) is 0 Å².